The van der Waals surface area contributed by atoms with Crippen molar-refractivity contribution in [3.05, 3.63) is 0 Å². The number of hydrogen-bond donors (Lipinski definition) is 0. The first-order valence-corrected chi connectivity index (χ1v) is 5.03. The SMILES string of the molecule is CCCC(=O)OCCOCCOC(C)=O. The predicted octanol–water partition coefficient (Wildman–Crippen LogP) is 0.909. The molecule has 0 rings (SSSR count). The van der Waals surface area contributed by atoms with Crippen LogP contribution in [0.2, 0.25) is 0 Å². The summed E-state index contributed by atoms with van der Waals surface area (Å²) in [5, 5.41) is 0. The largest absolute Gasteiger partial charge is 0.463 e. The summed E-state index contributed by atoms with van der Waals surface area (Å²) in [6.07, 6.45) is 1.22. The van der Waals surface area contributed by atoms with Crippen molar-refractivity contribution in [2.75, 3.05) is 26.4 Å². The van der Waals surface area contributed by atoms with Crippen LogP contribution in [0.1, 0.15) is 26.7 Å². The van der Waals surface area contributed by atoms with Crippen molar-refractivity contribution in [1.82, 2.24) is 0 Å². The molecule has 5 nitrogen and oxygen atoms in total. The highest BCUT2D eigenvalue weighted by Gasteiger charge is 1.99. The summed E-state index contributed by atoms with van der Waals surface area (Å²) in [5.41, 5.74) is 0. The minimum atomic E-state index is -0.326. The molecule has 0 N–H and O–H groups in total. The van der Waals surface area contributed by atoms with Gasteiger partial charge < -0.3 is 14.2 Å². The lowest BCUT2D eigenvalue weighted by Crippen LogP contribution is -2.13. The molecule has 0 fully saturated rings. The minimum Gasteiger partial charge on any atom is -0.463 e. The van der Waals surface area contributed by atoms with Gasteiger partial charge in [-0.2, -0.15) is 0 Å². The van der Waals surface area contributed by atoms with Crippen molar-refractivity contribution in [1.29, 1.82) is 0 Å². The van der Waals surface area contributed by atoms with Gasteiger partial charge in [-0.25, -0.2) is 0 Å². The molecule has 0 aromatic rings. The Labute approximate surface area is 89.7 Å². The van der Waals surface area contributed by atoms with Gasteiger partial charge >= 0.3 is 11.9 Å². The fraction of sp³-hybridized carbons (Fsp3) is 0.800. The normalized spacial score (nSPS) is 9.73. The zero-order valence-electron chi connectivity index (χ0n) is 9.28. The smallest absolute Gasteiger partial charge is 0.305 e. The number of rotatable bonds is 8. The molecule has 5 heteroatoms. The first-order chi connectivity index (χ1) is 7.16. The van der Waals surface area contributed by atoms with Crippen LogP contribution in [0.4, 0.5) is 0 Å². The number of esters is 2. The van der Waals surface area contributed by atoms with E-state index in [4.69, 9.17) is 9.47 Å². The standard InChI is InChI=1S/C10H18O5/c1-3-4-10(12)15-8-6-13-5-7-14-9(2)11/h3-8H2,1-2H3. The van der Waals surface area contributed by atoms with E-state index in [9.17, 15) is 9.59 Å². The van der Waals surface area contributed by atoms with E-state index >= 15 is 0 Å². The van der Waals surface area contributed by atoms with Crippen LogP contribution < -0.4 is 0 Å². The summed E-state index contributed by atoms with van der Waals surface area (Å²) in [4.78, 5) is 21.2. The summed E-state index contributed by atoms with van der Waals surface area (Å²) in [7, 11) is 0. The Hall–Kier alpha value is -1.10. The van der Waals surface area contributed by atoms with Gasteiger partial charge in [0, 0.05) is 13.3 Å². The Kier molecular flexibility index (Phi) is 8.76. The van der Waals surface area contributed by atoms with E-state index in [1.807, 2.05) is 6.92 Å². The summed E-state index contributed by atoms with van der Waals surface area (Å²) >= 11 is 0. The average molecular weight is 218 g/mol. The number of ether oxygens (including phenoxy) is 3. The topological polar surface area (TPSA) is 61.8 Å². The van der Waals surface area contributed by atoms with Gasteiger partial charge in [-0.1, -0.05) is 6.92 Å². The van der Waals surface area contributed by atoms with Crippen LogP contribution in [0, 0.1) is 0 Å². The van der Waals surface area contributed by atoms with Gasteiger partial charge in [0.2, 0.25) is 0 Å². The highest BCUT2D eigenvalue weighted by Crippen LogP contribution is 1.90. The molecule has 0 aromatic carbocycles. The average Bonchev–Trinajstić information content (AvgIpc) is 2.16. The predicted molar refractivity (Wildman–Crippen MR) is 53.3 cm³/mol. The molecule has 0 heterocycles. The number of carbonyl (C=O) groups is 2. The second-order valence-corrected chi connectivity index (χ2v) is 2.92. The van der Waals surface area contributed by atoms with E-state index in [0.29, 0.717) is 19.6 Å². The van der Waals surface area contributed by atoms with Crippen molar-refractivity contribution < 1.29 is 23.8 Å². The Morgan fingerprint density at radius 1 is 1.00 bits per heavy atom. The van der Waals surface area contributed by atoms with Gasteiger partial charge in [-0.3, -0.25) is 9.59 Å². The van der Waals surface area contributed by atoms with Crippen LogP contribution in [0.5, 0.6) is 0 Å². The molecule has 0 saturated heterocycles. The van der Waals surface area contributed by atoms with Gasteiger partial charge in [-0.05, 0) is 6.42 Å². The zero-order chi connectivity index (χ0) is 11.5. The van der Waals surface area contributed by atoms with Crippen molar-refractivity contribution in [2.45, 2.75) is 26.7 Å². The lowest BCUT2D eigenvalue weighted by Gasteiger charge is -2.05. The van der Waals surface area contributed by atoms with Crippen LogP contribution in [0.25, 0.3) is 0 Å². The molecule has 15 heavy (non-hydrogen) atoms. The van der Waals surface area contributed by atoms with Crippen LogP contribution in [-0.2, 0) is 23.8 Å². The first-order valence-electron chi connectivity index (χ1n) is 5.03. The molecule has 0 radical (unpaired) electrons. The van der Waals surface area contributed by atoms with E-state index < -0.39 is 0 Å². The second kappa shape index (κ2) is 9.45. The van der Waals surface area contributed by atoms with Crippen LogP contribution in [0.15, 0.2) is 0 Å². The highest BCUT2D eigenvalue weighted by molar-refractivity contribution is 5.69. The van der Waals surface area contributed by atoms with E-state index in [1.165, 1.54) is 6.92 Å². The molecule has 0 saturated carbocycles. The third-order valence-corrected chi connectivity index (χ3v) is 1.48. The third-order valence-electron chi connectivity index (χ3n) is 1.48. The van der Waals surface area contributed by atoms with Gasteiger partial charge in [0.05, 0.1) is 13.2 Å². The van der Waals surface area contributed by atoms with E-state index in [-0.39, 0.29) is 25.2 Å². The maximum absolute atomic E-state index is 10.9. The molecule has 0 spiro atoms. The van der Waals surface area contributed by atoms with Gasteiger partial charge in [0.1, 0.15) is 13.2 Å². The molecule has 0 aliphatic rings. The Morgan fingerprint density at radius 3 is 2.13 bits per heavy atom. The monoisotopic (exact) mass is 218 g/mol. The Morgan fingerprint density at radius 2 is 1.60 bits per heavy atom. The molecule has 0 aromatic heterocycles. The quantitative estimate of drug-likeness (QED) is 0.447. The van der Waals surface area contributed by atoms with Crippen LogP contribution in [-0.4, -0.2) is 38.4 Å². The molecule has 0 unspecified atom stereocenters. The first kappa shape index (κ1) is 13.9. The molecular formula is C10H18O5. The van der Waals surface area contributed by atoms with Crippen molar-refractivity contribution in [3.8, 4) is 0 Å². The van der Waals surface area contributed by atoms with E-state index in [2.05, 4.69) is 4.74 Å². The fourth-order valence-corrected chi connectivity index (χ4v) is 0.837. The molecule has 0 aliphatic heterocycles. The maximum atomic E-state index is 10.9. The molecule has 0 bridgehead atoms. The van der Waals surface area contributed by atoms with Gasteiger partial charge in [0.15, 0.2) is 0 Å². The van der Waals surface area contributed by atoms with E-state index in [1.54, 1.807) is 0 Å². The minimum absolute atomic E-state index is 0.207. The number of carbonyl (C=O) groups excluding carboxylic acids is 2. The van der Waals surface area contributed by atoms with Crippen LogP contribution >= 0.6 is 0 Å². The molecule has 0 aliphatic carbocycles. The van der Waals surface area contributed by atoms with Gasteiger partial charge in [0.25, 0.3) is 0 Å². The lowest BCUT2D eigenvalue weighted by atomic mass is 10.3. The summed E-state index contributed by atoms with van der Waals surface area (Å²) in [6, 6.07) is 0. The molecular weight excluding hydrogens is 200 g/mol. The summed E-state index contributed by atoms with van der Waals surface area (Å²) < 4.78 is 14.5. The highest BCUT2D eigenvalue weighted by atomic mass is 16.6. The third kappa shape index (κ3) is 10.8. The zero-order valence-corrected chi connectivity index (χ0v) is 9.28. The molecule has 88 valence electrons. The summed E-state index contributed by atoms with van der Waals surface area (Å²) in [5.74, 6) is -0.533. The molecule has 0 amide bonds. The maximum Gasteiger partial charge on any atom is 0.305 e. The van der Waals surface area contributed by atoms with E-state index in [0.717, 1.165) is 6.42 Å². The Bertz CT molecular complexity index is 190. The fourth-order valence-electron chi connectivity index (χ4n) is 0.837. The van der Waals surface area contributed by atoms with Crippen LogP contribution in [0.3, 0.4) is 0 Å². The second-order valence-electron chi connectivity index (χ2n) is 2.92. The van der Waals surface area contributed by atoms with Gasteiger partial charge in [-0.15, -0.1) is 0 Å². The number of hydrogen-bond acceptors (Lipinski definition) is 5. The van der Waals surface area contributed by atoms with Crippen molar-refractivity contribution in [3.63, 3.8) is 0 Å². The molecule has 0 atom stereocenters. The summed E-state index contributed by atoms with van der Waals surface area (Å²) in [6.45, 7) is 4.39. The lowest BCUT2D eigenvalue weighted by molar-refractivity contribution is -0.145. The van der Waals surface area contributed by atoms with Crippen molar-refractivity contribution >= 4 is 11.9 Å². The Balaban J connectivity index is 3.11. The van der Waals surface area contributed by atoms with Crippen molar-refractivity contribution in [2.24, 2.45) is 0 Å².